The molecule has 14 heavy (non-hydrogen) atoms. The largest absolute Gasteiger partial charge is 0.322 e. The van der Waals surface area contributed by atoms with Gasteiger partial charge in [-0.15, -0.1) is 11.3 Å². The second-order valence-corrected chi connectivity index (χ2v) is 5.38. The van der Waals surface area contributed by atoms with E-state index < -0.39 is 0 Å². The van der Waals surface area contributed by atoms with Gasteiger partial charge in [0.05, 0.1) is 5.54 Å². The normalized spacial score (nSPS) is 22.1. The third-order valence-corrected chi connectivity index (χ3v) is 4.21. The van der Waals surface area contributed by atoms with Crippen LogP contribution in [0.15, 0.2) is 6.07 Å². The van der Waals surface area contributed by atoms with Crippen molar-refractivity contribution in [2.75, 3.05) is 12.4 Å². The van der Waals surface area contributed by atoms with Crippen LogP contribution in [0.4, 0.5) is 9.80 Å². The molecule has 74 valence electrons. The number of thiophene rings is 1. The van der Waals surface area contributed by atoms with Crippen LogP contribution in [-0.2, 0) is 5.54 Å². The van der Waals surface area contributed by atoms with Gasteiger partial charge in [-0.3, -0.25) is 5.32 Å². The van der Waals surface area contributed by atoms with E-state index in [1.165, 1.54) is 10.4 Å². The van der Waals surface area contributed by atoms with E-state index in [1.807, 2.05) is 11.9 Å². The van der Waals surface area contributed by atoms with Gasteiger partial charge in [-0.1, -0.05) is 0 Å². The lowest BCUT2D eigenvalue weighted by molar-refractivity contribution is 0.194. The van der Waals surface area contributed by atoms with Crippen LogP contribution >= 0.6 is 11.3 Å². The maximum Gasteiger partial charge on any atom is 0.322 e. The lowest BCUT2D eigenvalue weighted by Gasteiger charge is -2.33. The zero-order chi connectivity index (χ0) is 9.92. The molecule has 0 unspecified atom stereocenters. The van der Waals surface area contributed by atoms with Crippen LogP contribution in [0.5, 0.6) is 0 Å². The molecule has 1 aromatic rings. The highest BCUT2D eigenvalue weighted by atomic mass is 32.1. The summed E-state index contributed by atoms with van der Waals surface area (Å²) >= 11 is 1.68. The van der Waals surface area contributed by atoms with Crippen molar-refractivity contribution in [2.24, 2.45) is 0 Å². The Labute approximate surface area is 86.7 Å². The van der Waals surface area contributed by atoms with Gasteiger partial charge in [0, 0.05) is 17.5 Å². The van der Waals surface area contributed by atoms with E-state index in [1.54, 1.807) is 11.3 Å². The molecule has 1 fully saturated rings. The predicted molar refractivity (Wildman–Crippen MR) is 56.7 cm³/mol. The maximum absolute atomic E-state index is 11.6. The molecule has 2 heterocycles. The van der Waals surface area contributed by atoms with Crippen LogP contribution in [0.25, 0.3) is 0 Å². The number of urea groups is 1. The van der Waals surface area contributed by atoms with Gasteiger partial charge in [0.15, 0.2) is 0 Å². The molecule has 3 rings (SSSR count). The van der Waals surface area contributed by atoms with Crippen LogP contribution in [0.2, 0.25) is 0 Å². The first-order valence-corrected chi connectivity index (χ1v) is 5.61. The molecule has 2 aliphatic rings. The van der Waals surface area contributed by atoms with Gasteiger partial charge in [-0.25, -0.2) is 4.79 Å². The minimum Gasteiger partial charge on any atom is -0.318 e. The van der Waals surface area contributed by atoms with E-state index in [-0.39, 0.29) is 11.6 Å². The molecule has 0 aromatic carbocycles. The molecule has 0 bridgehead atoms. The van der Waals surface area contributed by atoms with Crippen LogP contribution in [-0.4, -0.2) is 18.0 Å². The van der Waals surface area contributed by atoms with Gasteiger partial charge in [0.25, 0.3) is 0 Å². The molecule has 1 saturated carbocycles. The van der Waals surface area contributed by atoms with Gasteiger partial charge in [0.2, 0.25) is 0 Å². The third-order valence-electron chi connectivity index (χ3n) is 3.25. The molecule has 1 aliphatic carbocycles. The first kappa shape index (κ1) is 8.29. The summed E-state index contributed by atoms with van der Waals surface area (Å²) in [5, 5.41) is 3.99. The van der Waals surface area contributed by atoms with Crippen molar-refractivity contribution in [2.45, 2.75) is 25.3 Å². The fourth-order valence-electron chi connectivity index (χ4n) is 2.23. The number of carbonyl (C=O) groups excluding carboxylic acids is 1. The van der Waals surface area contributed by atoms with E-state index in [9.17, 15) is 4.79 Å². The third kappa shape index (κ3) is 0.843. The number of nitrogens with zero attached hydrogens (tertiary/aromatic N) is 1. The molecule has 1 aromatic heterocycles. The minimum absolute atomic E-state index is 0.0388. The summed E-state index contributed by atoms with van der Waals surface area (Å²) in [6, 6.07) is 2.25. The maximum atomic E-state index is 11.6. The van der Waals surface area contributed by atoms with Crippen molar-refractivity contribution < 1.29 is 4.79 Å². The van der Waals surface area contributed by atoms with E-state index in [4.69, 9.17) is 0 Å². The van der Waals surface area contributed by atoms with Gasteiger partial charge in [-0.2, -0.15) is 0 Å². The quantitative estimate of drug-likeness (QED) is 0.698. The zero-order valence-electron chi connectivity index (χ0n) is 8.26. The smallest absolute Gasteiger partial charge is 0.318 e. The number of amides is 2. The predicted octanol–water partition coefficient (Wildman–Crippen LogP) is 2.52. The fraction of sp³-hybridized carbons (Fsp3) is 0.500. The first-order chi connectivity index (χ1) is 6.63. The Bertz CT molecular complexity index is 420. The SMILES string of the molecule is Cc1cc2c(s1)NC(=O)N(C)C21CC1. The van der Waals surface area contributed by atoms with Crippen molar-refractivity contribution in [3.05, 3.63) is 16.5 Å². The number of aryl methyl sites for hydroxylation is 1. The molecule has 4 heteroatoms. The molecule has 0 atom stereocenters. The van der Waals surface area contributed by atoms with Gasteiger partial charge >= 0.3 is 6.03 Å². The summed E-state index contributed by atoms with van der Waals surface area (Å²) in [5.41, 5.74) is 1.37. The van der Waals surface area contributed by atoms with Crippen LogP contribution in [0.1, 0.15) is 23.3 Å². The van der Waals surface area contributed by atoms with Gasteiger partial charge in [-0.05, 0) is 25.8 Å². The molecule has 1 aliphatic heterocycles. The Morgan fingerprint density at radius 2 is 2.29 bits per heavy atom. The van der Waals surface area contributed by atoms with E-state index in [0.29, 0.717) is 0 Å². The number of hydrogen-bond donors (Lipinski definition) is 1. The monoisotopic (exact) mass is 208 g/mol. The van der Waals surface area contributed by atoms with E-state index in [0.717, 1.165) is 17.8 Å². The number of anilines is 1. The average Bonchev–Trinajstić information content (AvgIpc) is 2.84. The van der Waals surface area contributed by atoms with E-state index in [2.05, 4.69) is 18.3 Å². The summed E-state index contributed by atoms with van der Waals surface area (Å²) in [6.07, 6.45) is 2.22. The summed E-state index contributed by atoms with van der Waals surface area (Å²) in [6.45, 7) is 2.09. The molecule has 1 spiro atoms. The second-order valence-electron chi connectivity index (χ2n) is 4.12. The molecular weight excluding hydrogens is 196 g/mol. The zero-order valence-corrected chi connectivity index (χ0v) is 9.07. The Balaban J connectivity index is 2.18. The summed E-state index contributed by atoms with van der Waals surface area (Å²) in [4.78, 5) is 14.8. The average molecular weight is 208 g/mol. The summed E-state index contributed by atoms with van der Waals surface area (Å²) < 4.78 is 0. The van der Waals surface area contributed by atoms with Gasteiger partial charge < -0.3 is 4.90 Å². The topological polar surface area (TPSA) is 32.3 Å². The molecule has 0 saturated heterocycles. The Morgan fingerprint density at radius 1 is 1.57 bits per heavy atom. The summed E-state index contributed by atoms with van der Waals surface area (Å²) in [7, 11) is 1.89. The fourth-order valence-corrected chi connectivity index (χ4v) is 3.23. The van der Waals surface area contributed by atoms with Crippen molar-refractivity contribution in [3.8, 4) is 0 Å². The highest BCUT2D eigenvalue weighted by molar-refractivity contribution is 7.16. The van der Waals surface area contributed by atoms with Gasteiger partial charge in [0.1, 0.15) is 5.00 Å². The van der Waals surface area contributed by atoms with Crippen molar-refractivity contribution in [3.63, 3.8) is 0 Å². The summed E-state index contributed by atoms with van der Waals surface area (Å²) in [5.74, 6) is 0. The standard InChI is InChI=1S/C10H12N2OS/c1-6-5-7-8(14-6)11-9(13)12(2)10(7)3-4-10/h5H,3-4H2,1-2H3,(H,11,13). The van der Waals surface area contributed by atoms with E-state index >= 15 is 0 Å². The molecular formula is C10H12N2OS. The molecule has 1 N–H and O–H groups in total. The van der Waals surface area contributed by atoms with Crippen LogP contribution in [0.3, 0.4) is 0 Å². The number of rotatable bonds is 0. The molecule has 0 radical (unpaired) electrons. The first-order valence-electron chi connectivity index (χ1n) is 4.79. The van der Waals surface area contributed by atoms with Crippen molar-refractivity contribution in [1.29, 1.82) is 0 Å². The number of fused-ring (bicyclic) bond motifs is 2. The number of hydrogen-bond acceptors (Lipinski definition) is 2. The second kappa shape index (κ2) is 2.31. The van der Waals surface area contributed by atoms with Crippen LogP contribution < -0.4 is 5.32 Å². The number of carbonyl (C=O) groups is 1. The molecule has 2 amide bonds. The lowest BCUT2D eigenvalue weighted by atomic mass is 10.0. The Morgan fingerprint density at radius 3 is 2.93 bits per heavy atom. The van der Waals surface area contributed by atoms with Crippen molar-refractivity contribution >= 4 is 22.4 Å². The number of nitrogens with one attached hydrogen (secondary N) is 1. The molecule has 3 nitrogen and oxygen atoms in total. The van der Waals surface area contributed by atoms with Crippen molar-refractivity contribution in [1.82, 2.24) is 4.90 Å². The lowest BCUT2D eigenvalue weighted by Crippen LogP contribution is -2.43. The Kier molecular flexibility index (Phi) is 1.37. The Hall–Kier alpha value is -1.03. The minimum atomic E-state index is 0.0388. The van der Waals surface area contributed by atoms with Crippen LogP contribution in [0, 0.1) is 6.92 Å². The highest BCUT2D eigenvalue weighted by Crippen LogP contribution is 2.56. The highest BCUT2D eigenvalue weighted by Gasteiger charge is 2.54.